The number of hydrogen-bond donors (Lipinski definition) is 2. The smallest absolute Gasteiger partial charge is 0.338 e. The van der Waals surface area contributed by atoms with Crippen LogP contribution in [-0.2, 0) is 4.74 Å². The summed E-state index contributed by atoms with van der Waals surface area (Å²) in [6.07, 6.45) is -0.740. The number of ether oxygens (including phenoxy) is 2. The van der Waals surface area contributed by atoms with Crippen LogP contribution < -0.4 is 15.8 Å². The number of esters is 1. The monoisotopic (exact) mass is 382 g/mol. The summed E-state index contributed by atoms with van der Waals surface area (Å²) in [6.45, 7) is 1.63. The first-order valence-corrected chi connectivity index (χ1v) is 8.31. The Morgan fingerprint density at radius 2 is 1.75 bits per heavy atom. The maximum absolute atomic E-state index is 12.3. The van der Waals surface area contributed by atoms with Gasteiger partial charge in [0.1, 0.15) is 5.75 Å². The molecular formula is C19H18N4O5. The third-order valence-electron chi connectivity index (χ3n) is 3.80. The van der Waals surface area contributed by atoms with Gasteiger partial charge >= 0.3 is 12.0 Å². The summed E-state index contributed by atoms with van der Waals surface area (Å²) in [4.78, 5) is 23.1. The summed E-state index contributed by atoms with van der Waals surface area (Å²) in [6, 6.07) is 12.5. The van der Waals surface area contributed by atoms with Gasteiger partial charge in [-0.05, 0) is 55.5 Å². The molecule has 0 aliphatic carbocycles. The maximum Gasteiger partial charge on any atom is 0.338 e. The highest BCUT2D eigenvalue weighted by Gasteiger charge is 2.20. The fourth-order valence-electron chi connectivity index (χ4n) is 2.36. The number of nitrogens with zero attached hydrogens (tertiary/aromatic N) is 2. The molecule has 0 spiro atoms. The number of amides is 2. The third-order valence-corrected chi connectivity index (χ3v) is 3.80. The van der Waals surface area contributed by atoms with Gasteiger partial charge in [0, 0.05) is 11.3 Å². The van der Waals surface area contributed by atoms with Crippen molar-refractivity contribution in [3.63, 3.8) is 0 Å². The van der Waals surface area contributed by atoms with E-state index in [4.69, 9.17) is 19.6 Å². The standard InChI is InChI=1S/C19H18N4O5/c1-11(27-18(24)13-3-7-14(8-4-13)21-19(20)25)16-22-23-17(28-16)12-5-9-15(26-2)10-6-12/h3-11H,1-2H3,(H3,20,21,25)/t11-/m0/s1. The van der Waals surface area contributed by atoms with Crippen LogP contribution in [0.3, 0.4) is 0 Å². The molecule has 3 rings (SSSR count). The van der Waals surface area contributed by atoms with Gasteiger partial charge in [0.15, 0.2) is 6.10 Å². The zero-order chi connectivity index (χ0) is 20.1. The van der Waals surface area contributed by atoms with Gasteiger partial charge in [-0.25, -0.2) is 9.59 Å². The molecule has 28 heavy (non-hydrogen) atoms. The number of nitrogens with one attached hydrogen (secondary N) is 1. The number of methoxy groups -OCH3 is 1. The van der Waals surface area contributed by atoms with Crippen LogP contribution in [0.15, 0.2) is 52.9 Å². The largest absolute Gasteiger partial charge is 0.497 e. The molecule has 2 amide bonds. The summed E-state index contributed by atoms with van der Waals surface area (Å²) < 4.78 is 16.1. The lowest BCUT2D eigenvalue weighted by molar-refractivity contribution is 0.0280. The Morgan fingerprint density at radius 1 is 1.07 bits per heavy atom. The van der Waals surface area contributed by atoms with Crippen LogP contribution in [0.5, 0.6) is 5.75 Å². The molecule has 0 saturated carbocycles. The minimum Gasteiger partial charge on any atom is -0.497 e. The van der Waals surface area contributed by atoms with Crippen LogP contribution in [0, 0.1) is 0 Å². The van der Waals surface area contributed by atoms with Crippen LogP contribution in [-0.4, -0.2) is 29.3 Å². The van der Waals surface area contributed by atoms with E-state index in [1.54, 1.807) is 50.4 Å². The summed E-state index contributed by atoms with van der Waals surface area (Å²) in [7, 11) is 1.58. The van der Waals surface area contributed by atoms with E-state index >= 15 is 0 Å². The van der Waals surface area contributed by atoms with Crippen LogP contribution in [0.2, 0.25) is 0 Å². The van der Waals surface area contributed by atoms with Gasteiger partial charge in [-0.15, -0.1) is 10.2 Å². The second kappa shape index (κ2) is 8.21. The first-order valence-electron chi connectivity index (χ1n) is 8.31. The molecule has 0 aliphatic rings. The summed E-state index contributed by atoms with van der Waals surface area (Å²) >= 11 is 0. The number of aromatic nitrogens is 2. The molecule has 1 heterocycles. The van der Waals surface area contributed by atoms with E-state index in [0.717, 1.165) is 5.56 Å². The molecule has 1 aromatic heterocycles. The van der Waals surface area contributed by atoms with E-state index in [1.807, 2.05) is 0 Å². The second-order valence-electron chi connectivity index (χ2n) is 5.79. The predicted molar refractivity (Wildman–Crippen MR) is 99.8 cm³/mol. The normalized spacial score (nSPS) is 11.5. The fraction of sp³-hybridized carbons (Fsp3) is 0.158. The van der Waals surface area contributed by atoms with Crippen molar-refractivity contribution < 1.29 is 23.5 Å². The topological polar surface area (TPSA) is 130 Å². The minimum atomic E-state index is -0.740. The highest BCUT2D eigenvalue weighted by Crippen LogP contribution is 2.25. The van der Waals surface area contributed by atoms with E-state index in [1.165, 1.54) is 12.1 Å². The van der Waals surface area contributed by atoms with E-state index in [-0.39, 0.29) is 5.89 Å². The van der Waals surface area contributed by atoms with E-state index in [0.29, 0.717) is 22.9 Å². The highest BCUT2D eigenvalue weighted by atomic mass is 16.6. The van der Waals surface area contributed by atoms with Crippen molar-refractivity contribution in [3.8, 4) is 17.2 Å². The second-order valence-corrected chi connectivity index (χ2v) is 5.79. The number of benzene rings is 2. The molecule has 0 radical (unpaired) electrons. The van der Waals surface area contributed by atoms with E-state index in [9.17, 15) is 9.59 Å². The molecule has 0 bridgehead atoms. The van der Waals surface area contributed by atoms with Gasteiger partial charge in [-0.3, -0.25) is 0 Å². The highest BCUT2D eigenvalue weighted by molar-refractivity contribution is 5.91. The molecule has 0 aliphatic heterocycles. The zero-order valence-electron chi connectivity index (χ0n) is 15.2. The zero-order valence-corrected chi connectivity index (χ0v) is 15.2. The fourth-order valence-corrected chi connectivity index (χ4v) is 2.36. The first-order chi connectivity index (χ1) is 13.5. The Hall–Kier alpha value is -3.88. The molecule has 0 unspecified atom stereocenters. The van der Waals surface area contributed by atoms with Crippen molar-refractivity contribution >= 4 is 17.7 Å². The molecule has 9 heteroatoms. The molecule has 3 N–H and O–H groups in total. The van der Waals surface area contributed by atoms with E-state index < -0.39 is 18.1 Å². The summed E-state index contributed by atoms with van der Waals surface area (Å²) in [5, 5.41) is 10.3. The molecule has 144 valence electrons. The number of rotatable bonds is 6. The molecular weight excluding hydrogens is 364 g/mol. The molecule has 1 atom stereocenters. The lowest BCUT2D eigenvalue weighted by atomic mass is 10.2. The SMILES string of the molecule is COc1ccc(-c2nnc([C@H](C)OC(=O)c3ccc(NC(N)=O)cc3)o2)cc1. The molecule has 2 aromatic carbocycles. The number of carbonyl (C=O) groups excluding carboxylic acids is 2. The lowest BCUT2D eigenvalue weighted by Gasteiger charge is -2.10. The average molecular weight is 382 g/mol. The van der Waals surface area contributed by atoms with Crippen molar-refractivity contribution in [2.45, 2.75) is 13.0 Å². The maximum atomic E-state index is 12.3. The van der Waals surface area contributed by atoms with Crippen molar-refractivity contribution in [1.82, 2.24) is 10.2 Å². The van der Waals surface area contributed by atoms with Crippen molar-refractivity contribution in [3.05, 3.63) is 60.0 Å². The summed E-state index contributed by atoms with van der Waals surface area (Å²) in [5.74, 6) is 0.624. The summed E-state index contributed by atoms with van der Waals surface area (Å²) in [5.41, 5.74) is 6.53. The Morgan fingerprint density at radius 3 is 2.36 bits per heavy atom. The van der Waals surface area contributed by atoms with Gasteiger partial charge in [0.2, 0.25) is 5.89 Å². The minimum absolute atomic E-state index is 0.172. The quantitative estimate of drug-likeness (QED) is 0.626. The third kappa shape index (κ3) is 4.44. The number of nitrogens with two attached hydrogens (primary N) is 1. The Balaban J connectivity index is 1.65. The number of urea groups is 1. The molecule has 0 saturated heterocycles. The van der Waals surface area contributed by atoms with Crippen molar-refractivity contribution in [1.29, 1.82) is 0 Å². The average Bonchev–Trinajstić information content (AvgIpc) is 3.18. The Bertz CT molecular complexity index is 967. The van der Waals surface area contributed by atoms with Gasteiger partial charge in [0.25, 0.3) is 5.89 Å². The number of carbonyl (C=O) groups is 2. The van der Waals surface area contributed by atoms with Crippen LogP contribution >= 0.6 is 0 Å². The van der Waals surface area contributed by atoms with E-state index in [2.05, 4.69) is 15.5 Å². The number of primary amides is 1. The van der Waals surface area contributed by atoms with Crippen molar-refractivity contribution in [2.75, 3.05) is 12.4 Å². The van der Waals surface area contributed by atoms with Gasteiger partial charge in [-0.1, -0.05) is 0 Å². The number of hydrogen-bond acceptors (Lipinski definition) is 7. The van der Waals surface area contributed by atoms with Crippen LogP contribution in [0.4, 0.5) is 10.5 Å². The van der Waals surface area contributed by atoms with Crippen LogP contribution in [0.1, 0.15) is 29.3 Å². The number of anilines is 1. The molecule has 0 fully saturated rings. The Kier molecular flexibility index (Phi) is 5.54. The lowest BCUT2D eigenvalue weighted by Crippen LogP contribution is -2.19. The van der Waals surface area contributed by atoms with Crippen LogP contribution in [0.25, 0.3) is 11.5 Å². The van der Waals surface area contributed by atoms with Gasteiger partial charge in [-0.2, -0.15) is 0 Å². The Labute approximate surface area is 160 Å². The molecule has 9 nitrogen and oxygen atoms in total. The van der Waals surface area contributed by atoms with Crippen molar-refractivity contribution in [2.24, 2.45) is 5.73 Å². The van der Waals surface area contributed by atoms with Gasteiger partial charge < -0.3 is 24.9 Å². The first kappa shape index (κ1) is 18.9. The predicted octanol–water partition coefficient (Wildman–Crippen LogP) is 3.15. The van der Waals surface area contributed by atoms with Gasteiger partial charge in [0.05, 0.1) is 12.7 Å². The molecule has 3 aromatic rings.